The van der Waals surface area contributed by atoms with E-state index in [4.69, 9.17) is 15.0 Å². The quantitative estimate of drug-likeness (QED) is 0.251. The number of fused-ring (bicyclic) bond motifs is 4. The first-order valence-electron chi connectivity index (χ1n) is 11.6. The van der Waals surface area contributed by atoms with E-state index in [1.807, 2.05) is 4.40 Å². The largest absolute Gasteiger partial charge is 0.296 e. The van der Waals surface area contributed by atoms with E-state index in [2.05, 4.69) is 32.6 Å². The van der Waals surface area contributed by atoms with E-state index < -0.39 is 0 Å². The lowest BCUT2D eigenvalue weighted by atomic mass is 10.0. The molecule has 4 aromatic heterocycles. The number of nitrogens with zero attached hydrogens (tertiary/aromatic N) is 5. The van der Waals surface area contributed by atoms with Crippen molar-refractivity contribution >= 4 is 49.6 Å². The van der Waals surface area contributed by atoms with E-state index in [0.29, 0.717) is 5.75 Å². The van der Waals surface area contributed by atoms with Crippen molar-refractivity contribution in [2.24, 2.45) is 0 Å². The van der Waals surface area contributed by atoms with Gasteiger partial charge in [-0.1, -0.05) is 25.6 Å². The van der Waals surface area contributed by atoms with Gasteiger partial charge in [0.25, 0.3) is 5.56 Å². The van der Waals surface area contributed by atoms with Crippen molar-refractivity contribution in [2.45, 2.75) is 70.7 Å². The minimum atomic E-state index is 0.0487. The second-order valence-corrected chi connectivity index (χ2v) is 11.8. The molecule has 6 nitrogen and oxygen atoms in total. The van der Waals surface area contributed by atoms with Crippen LogP contribution in [0.5, 0.6) is 0 Å². The van der Waals surface area contributed by atoms with Crippen LogP contribution >= 0.6 is 34.4 Å². The van der Waals surface area contributed by atoms with Crippen LogP contribution < -0.4 is 5.56 Å². The van der Waals surface area contributed by atoms with E-state index >= 15 is 0 Å². The van der Waals surface area contributed by atoms with Gasteiger partial charge in [-0.3, -0.25) is 14.1 Å². The van der Waals surface area contributed by atoms with Crippen LogP contribution in [0, 0.1) is 13.8 Å². The summed E-state index contributed by atoms with van der Waals surface area (Å²) in [6, 6.07) is 1.71. The van der Waals surface area contributed by atoms with Crippen LogP contribution in [0.2, 0.25) is 0 Å². The van der Waals surface area contributed by atoms with Gasteiger partial charge in [0.2, 0.25) is 0 Å². The Labute approximate surface area is 206 Å². The number of thiophene rings is 1. The van der Waals surface area contributed by atoms with Crippen molar-refractivity contribution < 1.29 is 0 Å². The van der Waals surface area contributed by atoms with Gasteiger partial charge in [-0.25, -0.2) is 15.0 Å². The maximum Gasteiger partial charge on any atom is 0.259 e. The molecule has 0 aliphatic heterocycles. The van der Waals surface area contributed by atoms with Crippen LogP contribution in [0.25, 0.3) is 15.2 Å². The molecule has 0 spiro atoms. The van der Waals surface area contributed by atoms with Crippen LogP contribution in [0.15, 0.2) is 15.9 Å². The topological polar surface area (TPSA) is 63.4 Å². The summed E-state index contributed by atoms with van der Waals surface area (Å²) in [5.74, 6) is 1.49. The standard InChI is InChI=1S/C24H29N5OS3/c1-5-28(6-2)12-19-26-22(21-14(3)15(4)32-23(21)27-19)31-13-16-11-20(30)29-17-9-7-8-10-18(17)33-24(29)25-16/h11H,5-10,12-13H2,1-4H3. The predicted molar refractivity (Wildman–Crippen MR) is 139 cm³/mol. The summed E-state index contributed by atoms with van der Waals surface area (Å²) >= 11 is 5.10. The van der Waals surface area contributed by atoms with Gasteiger partial charge in [-0.15, -0.1) is 22.7 Å². The highest BCUT2D eigenvalue weighted by atomic mass is 32.2. The second-order valence-electron chi connectivity index (χ2n) is 8.54. The average Bonchev–Trinajstić information content (AvgIpc) is 3.32. The van der Waals surface area contributed by atoms with Crippen LogP contribution in [0.4, 0.5) is 0 Å². The number of hydrogen-bond acceptors (Lipinski definition) is 8. The first-order chi connectivity index (χ1) is 16.0. The zero-order chi connectivity index (χ0) is 23.1. The summed E-state index contributed by atoms with van der Waals surface area (Å²) in [4.78, 5) is 34.5. The molecule has 4 aromatic rings. The van der Waals surface area contributed by atoms with Crippen LogP contribution in [0.3, 0.4) is 0 Å². The molecule has 0 saturated carbocycles. The maximum absolute atomic E-state index is 12.9. The Hall–Kier alpha value is -1.81. The van der Waals surface area contributed by atoms with E-state index in [9.17, 15) is 4.79 Å². The number of thioether (sulfide) groups is 1. The molecule has 0 atom stereocenters. The predicted octanol–water partition coefficient (Wildman–Crippen LogP) is 5.39. The molecule has 5 rings (SSSR count). The highest BCUT2D eigenvalue weighted by Gasteiger charge is 2.20. The molecular weight excluding hydrogens is 470 g/mol. The normalized spacial score (nSPS) is 14.0. The van der Waals surface area contributed by atoms with Crippen LogP contribution in [-0.4, -0.2) is 37.3 Å². The summed E-state index contributed by atoms with van der Waals surface area (Å²) in [5.41, 5.74) is 3.31. The number of aromatic nitrogens is 4. The Bertz CT molecular complexity index is 1380. The zero-order valence-corrected chi connectivity index (χ0v) is 22.1. The Balaban J connectivity index is 1.48. The molecule has 1 aliphatic rings. The van der Waals surface area contributed by atoms with Crippen LogP contribution in [-0.2, 0) is 25.1 Å². The molecule has 0 aromatic carbocycles. The molecular formula is C24H29N5OS3. The van der Waals surface area contributed by atoms with E-state index in [1.54, 1.807) is 40.5 Å². The lowest BCUT2D eigenvalue weighted by Gasteiger charge is -2.17. The number of aryl methyl sites for hydroxylation is 4. The van der Waals surface area contributed by atoms with Gasteiger partial charge in [-0.05, 0) is 58.2 Å². The van der Waals surface area contributed by atoms with Gasteiger partial charge in [0, 0.05) is 32.7 Å². The highest BCUT2D eigenvalue weighted by molar-refractivity contribution is 7.98. The van der Waals surface area contributed by atoms with Gasteiger partial charge in [0.05, 0.1) is 12.2 Å². The molecule has 0 radical (unpaired) electrons. The summed E-state index contributed by atoms with van der Waals surface area (Å²) in [6.45, 7) is 11.3. The fraction of sp³-hybridized carbons (Fsp3) is 0.500. The minimum Gasteiger partial charge on any atom is -0.296 e. The van der Waals surface area contributed by atoms with Crippen molar-refractivity contribution in [3.63, 3.8) is 0 Å². The fourth-order valence-corrected chi connectivity index (χ4v) is 7.78. The van der Waals surface area contributed by atoms with E-state index in [1.165, 1.54) is 27.4 Å². The first-order valence-corrected chi connectivity index (χ1v) is 14.2. The monoisotopic (exact) mass is 499 g/mol. The smallest absolute Gasteiger partial charge is 0.259 e. The van der Waals surface area contributed by atoms with Crippen LogP contribution in [0.1, 0.15) is 59.2 Å². The van der Waals surface area contributed by atoms with Crippen molar-refractivity contribution in [2.75, 3.05) is 13.1 Å². The third kappa shape index (κ3) is 4.36. The van der Waals surface area contributed by atoms with Crippen molar-refractivity contribution in [3.05, 3.63) is 49.0 Å². The fourth-order valence-electron chi connectivity index (χ4n) is 4.44. The molecule has 1 aliphatic carbocycles. The van der Waals surface area contributed by atoms with E-state index in [0.717, 1.165) is 70.6 Å². The molecule has 4 heterocycles. The summed E-state index contributed by atoms with van der Waals surface area (Å²) in [7, 11) is 0. The van der Waals surface area contributed by atoms with Crippen molar-refractivity contribution in [1.82, 2.24) is 24.3 Å². The van der Waals surface area contributed by atoms with Gasteiger partial charge >= 0.3 is 0 Å². The lowest BCUT2D eigenvalue weighted by Crippen LogP contribution is -2.23. The molecule has 0 N–H and O–H groups in total. The number of thiazole rings is 1. The summed E-state index contributed by atoms with van der Waals surface area (Å²) in [5, 5.41) is 2.15. The summed E-state index contributed by atoms with van der Waals surface area (Å²) in [6.07, 6.45) is 4.41. The Morgan fingerprint density at radius 3 is 2.67 bits per heavy atom. The summed E-state index contributed by atoms with van der Waals surface area (Å²) < 4.78 is 1.84. The maximum atomic E-state index is 12.9. The number of rotatable bonds is 7. The van der Waals surface area contributed by atoms with Gasteiger partial charge in [-0.2, -0.15) is 0 Å². The molecule has 0 saturated heterocycles. The van der Waals surface area contributed by atoms with Crippen molar-refractivity contribution in [3.8, 4) is 0 Å². The Morgan fingerprint density at radius 2 is 1.88 bits per heavy atom. The third-order valence-corrected chi connectivity index (χ3v) is 9.73. The zero-order valence-electron chi connectivity index (χ0n) is 19.6. The molecule has 0 bridgehead atoms. The molecule has 9 heteroatoms. The molecule has 33 heavy (non-hydrogen) atoms. The average molecular weight is 500 g/mol. The molecule has 0 fully saturated rings. The first kappa shape index (κ1) is 23.0. The minimum absolute atomic E-state index is 0.0487. The van der Waals surface area contributed by atoms with Gasteiger partial charge in [0.15, 0.2) is 4.96 Å². The second kappa shape index (κ2) is 9.44. The molecule has 174 valence electrons. The van der Waals surface area contributed by atoms with Gasteiger partial charge in [0.1, 0.15) is 15.7 Å². The number of hydrogen-bond donors (Lipinski definition) is 0. The Kier molecular flexibility index (Phi) is 6.57. The lowest BCUT2D eigenvalue weighted by molar-refractivity contribution is 0.288. The highest BCUT2D eigenvalue weighted by Crippen LogP contribution is 2.36. The molecule has 0 unspecified atom stereocenters. The van der Waals surface area contributed by atoms with Crippen molar-refractivity contribution in [1.29, 1.82) is 0 Å². The van der Waals surface area contributed by atoms with E-state index in [-0.39, 0.29) is 5.56 Å². The third-order valence-electron chi connectivity index (χ3n) is 6.47. The van der Waals surface area contributed by atoms with Gasteiger partial charge < -0.3 is 0 Å². The SMILES string of the molecule is CCN(CC)Cc1nc(SCc2cc(=O)n3c4c(sc3n2)CCCC4)c2c(C)c(C)sc2n1. The molecule has 0 amide bonds. The Morgan fingerprint density at radius 1 is 1.09 bits per heavy atom.